The van der Waals surface area contributed by atoms with E-state index >= 15 is 0 Å². The van der Waals surface area contributed by atoms with Crippen LogP contribution in [-0.4, -0.2) is 50.2 Å². The zero-order chi connectivity index (χ0) is 26.6. The highest BCUT2D eigenvalue weighted by atomic mass is 16.3. The summed E-state index contributed by atoms with van der Waals surface area (Å²) in [6, 6.07) is 18.0. The minimum absolute atomic E-state index is 0.367. The molecule has 6 nitrogen and oxygen atoms in total. The Morgan fingerprint density at radius 1 is 0.806 bits per heavy atom. The van der Waals surface area contributed by atoms with Crippen LogP contribution in [0.3, 0.4) is 0 Å². The first-order valence-corrected chi connectivity index (χ1v) is 13.0. The number of nitrogens with two attached hydrogens (primary N) is 1. The molecule has 0 bridgehead atoms. The van der Waals surface area contributed by atoms with Crippen LogP contribution in [0, 0.1) is 5.41 Å². The molecule has 1 fully saturated rings. The topological polar surface area (TPSA) is 104 Å². The number of carbonyl (C=O) groups excluding carboxylic acids is 2. The van der Waals surface area contributed by atoms with E-state index in [4.69, 9.17) is 5.73 Å². The summed E-state index contributed by atoms with van der Waals surface area (Å²) in [6.45, 7) is 6.73. The van der Waals surface area contributed by atoms with Crippen molar-refractivity contribution in [1.29, 1.82) is 0 Å². The third kappa shape index (κ3) is 6.34. The SMILES string of the molecule is CC(C)(O)C(Cc1ccccc1)N(C(=O)C1(C(N)=O)CCCCC1)C(Cc1ccccc1)C(C)(C)O. The Balaban J connectivity index is 2.19. The van der Waals surface area contributed by atoms with Crippen LogP contribution in [0.2, 0.25) is 0 Å². The van der Waals surface area contributed by atoms with Crippen LogP contribution in [0.4, 0.5) is 0 Å². The average molecular weight is 495 g/mol. The molecule has 2 amide bonds. The number of aliphatic hydroxyl groups is 2. The van der Waals surface area contributed by atoms with Gasteiger partial charge in [-0.15, -0.1) is 0 Å². The van der Waals surface area contributed by atoms with Crippen molar-refractivity contribution in [2.45, 2.75) is 95.9 Å². The third-order valence-electron chi connectivity index (χ3n) is 7.67. The number of primary amides is 1. The van der Waals surface area contributed by atoms with Gasteiger partial charge < -0.3 is 20.8 Å². The zero-order valence-electron chi connectivity index (χ0n) is 22.1. The monoisotopic (exact) mass is 494 g/mol. The number of nitrogens with zero attached hydrogens (tertiary/aromatic N) is 1. The highest BCUT2D eigenvalue weighted by Crippen LogP contribution is 2.41. The molecule has 2 atom stereocenters. The summed E-state index contributed by atoms with van der Waals surface area (Å²) in [5.74, 6) is -1.01. The van der Waals surface area contributed by atoms with E-state index in [1.54, 1.807) is 32.6 Å². The Hall–Kier alpha value is -2.70. The fourth-order valence-corrected chi connectivity index (χ4v) is 5.52. The minimum Gasteiger partial charge on any atom is -0.388 e. The van der Waals surface area contributed by atoms with Gasteiger partial charge in [-0.2, -0.15) is 0 Å². The zero-order valence-corrected chi connectivity index (χ0v) is 22.1. The molecule has 0 saturated heterocycles. The van der Waals surface area contributed by atoms with Crippen LogP contribution in [0.1, 0.15) is 70.9 Å². The van der Waals surface area contributed by atoms with E-state index in [1.165, 1.54) is 0 Å². The van der Waals surface area contributed by atoms with Gasteiger partial charge in [0.2, 0.25) is 11.8 Å². The van der Waals surface area contributed by atoms with Gasteiger partial charge in [0, 0.05) is 0 Å². The number of hydrogen-bond donors (Lipinski definition) is 3. The lowest BCUT2D eigenvalue weighted by atomic mass is 9.71. The first-order chi connectivity index (χ1) is 16.9. The second-order valence-electron chi connectivity index (χ2n) is 11.4. The largest absolute Gasteiger partial charge is 0.388 e. The lowest BCUT2D eigenvalue weighted by Crippen LogP contribution is -2.66. The maximum Gasteiger partial charge on any atom is 0.238 e. The van der Waals surface area contributed by atoms with Gasteiger partial charge in [-0.3, -0.25) is 9.59 Å². The fourth-order valence-electron chi connectivity index (χ4n) is 5.52. The van der Waals surface area contributed by atoms with E-state index in [0.29, 0.717) is 25.7 Å². The molecule has 2 aromatic carbocycles. The van der Waals surface area contributed by atoms with Crippen molar-refractivity contribution in [3.63, 3.8) is 0 Å². The Kier molecular flexibility index (Phi) is 8.63. The number of rotatable bonds is 10. The van der Waals surface area contributed by atoms with Crippen molar-refractivity contribution in [2.24, 2.45) is 11.1 Å². The highest BCUT2D eigenvalue weighted by Gasteiger charge is 2.53. The normalized spacial score (nSPS) is 17.7. The Bertz CT molecular complexity index is 943. The maximum absolute atomic E-state index is 14.6. The molecule has 2 unspecified atom stereocenters. The van der Waals surface area contributed by atoms with Crippen molar-refractivity contribution in [3.05, 3.63) is 71.8 Å². The van der Waals surface area contributed by atoms with Crippen molar-refractivity contribution in [3.8, 4) is 0 Å². The highest BCUT2D eigenvalue weighted by molar-refractivity contribution is 6.04. The van der Waals surface area contributed by atoms with Gasteiger partial charge in [0.15, 0.2) is 0 Å². The molecule has 0 aliphatic heterocycles. The van der Waals surface area contributed by atoms with Crippen molar-refractivity contribution in [2.75, 3.05) is 0 Å². The van der Waals surface area contributed by atoms with Gasteiger partial charge in [-0.05, 0) is 64.5 Å². The molecule has 1 aliphatic carbocycles. The Morgan fingerprint density at radius 2 is 1.19 bits per heavy atom. The number of carbonyl (C=O) groups is 2. The molecule has 4 N–H and O–H groups in total. The van der Waals surface area contributed by atoms with Crippen LogP contribution in [-0.2, 0) is 22.4 Å². The van der Waals surface area contributed by atoms with Gasteiger partial charge in [0.25, 0.3) is 0 Å². The fraction of sp³-hybridized carbons (Fsp3) is 0.533. The molecule has 0 aromatic heterocycles. The van der Waals surface area contributed by atoms with Crippen LogP contribution in [0.15, 0.2) is 60.7 Å². The van der Waals surface area contributed by atoms with Gasteiger partial charge in [-0.25, -0.2) is 0 Å². The second-order valence-corrected chi connectivity index (χ2v) is 11.4. The lowest BCUT2D eigenvalue weighted by Gasteiger charge is -2.50. The molecule has 0 heterocycles. The standard InChI is InChI=1S/C30H42N2O4/c1-28(2,35)24(20-22-14-8-5-9-15-22)32(27(34)30(26(31)33)18-12-7-13-19-30)25(29(3,4)36)21-23-16-10-6-11-17-23/h5-6,8-11,14-17,24-25,35-36H,7,12-13,18-21H2,1-4H3,(H2,31,33). The van der Waals surface area contributed by atoms with Gasteiger partial charge in [-0.1, -0.05) is 79.9 Å². The predicted molar refractivity (Wildman–Crippen MR) is 142 cm³/mol. The summed E-state index contributed by atoms with van der Waals surface area (Å²) in [5.41, 5.74) is 3.87. The molecule has 1 saturated carbocycles. The molecule has 2 aromatic rings. The van der Waals surface area contributed by atoms with Gasteiger partial charge >= 0.3 is 0 Å². The van der Waals surface area contributed by atoms with E-state index in [9.17, 15) is 19.8 Å². The number of benzene rings is 2. The van der Waals surface area contributed by atoms with Gasteiger partial charge in [0.1, 0.15) is 5.41 Å². The van der Waals surface area contributed by atoms with Crippen molar-refractivity contribution in [1.82, 2.24) is 4.90 Å². The second kappa shape index (κ2) is 11.1. The average Bonchev–Trinajstić information content (AvgIpc) is 2.83. The van der Waals surface area contributed by atoms with E-state index < -0.39 is 34.6 Å². The predicted octanol–water partition coefficient (Wildman–Crippen LogP) is 4.02. The molecule has 0 spiro atoms. The molecular formula is C30H42N2O4. The summed E-state index contributed by atoms with van der Waals surface area (Å²) in [7, 11) is 0. The van der Waals surface area contributed by atoms with Crippen LogP contribution >= 0.6 is 0 Å². The smallest absolute Gasteiger partial charge is 0.238 e. The van der Waals surface area contributed by atoms with E-state index in [1.807, 2.05) is 60.7 Å². The summed E-state index contributed by atoms with van der Waals surface area (Å²) < 4.78 is 0. The first kappa shape index (κ1) is 27.9. The quantitative estimate of drug-likeness (QED) is 0.434. The molecule has 196 valence electrons. The molecule has 36 heavy (non-hydrogen) atoms. The van der Waals surface area contributed by atoms with E-state index in [0.717, 1.165) is 30.4 Å². The Labute approximate surface area is 215 Å². The lowest BCUT2D eigenvalue weighted by molar-refractivity contribution is -0.168. The number of hydrogen-bond acceptors (Lipinski definition) is 4. The minimum atomic E-state index is -1.35. The third-order valence-corrected chi connectivity index (χ3v) is 7.67. The molecular weight excluding hydrogens is 452 g/mol. The first-order valence-electron chi connectivity index (χ1n) is 13.0. The van der Waals surface area contributed by atoms with Crippen molar-refractivity contribution < 1.29 is 19.8 Å². The maximum atomic E-state index is 14.6. The van der Waals surface area contributed by atoms with Crippen LogP contribution < -0.4 is 5.73 Å². The van der Waals surface area contributed by atoms with Crippen LogP contribution in [0.5, 0.6) is 0 Å². The van der Waals surface area contributed by atoms with Gasteiger partial charge in [0.05, 0.1) is 23.3 Å². The summed E-state index contributed by atoms with van der Waals surface area (Å²) in [6.07, 6.45) is 3.91. The van der Waals surface area contributed by atoms with Crippen LogP contribution in [0.25, 0.3) is 0 Å². The Morgan fingerprint density at radius 3 is 1.53 bits per heavy atom. The van der Waals surface area contributed by atoms with E-state index in [-0.39, 0.29) is 5.91 Å². The molecule has 0 radical (unpaired) electrons. The molecule has 1 aliphatic rings. The summed E-state index contributed by atoms with van der Waals surface area (Å²) in [4.78, 5) is 29.2. The number of amides is 2. The van der Waals surface area contributed by atoms with E-state index in [2.05, 4.69) is 0 Å². The summed E-state index contributed by atoms with van der Waals surface area (Å²) in [5, 5.41) is 22.9. The summed E-state index contributed by atoms with van der Waals surface area (Å²) >= 11 is 0. The molecule has 3 rings (SSSR count). The molecule has 6 heteroatoms. The van der Waals surface area contributed by atoms with Crippen molar-refractivity contribution >= 4 is 11.8 Å².